The minimum Gasteiger partial charge on any atom is -0.334 e. The van der Waals surface area contributed by atoms with Crippen molar-refractivity contribution in [2.45, 2.75) is 19.9 Å². The van der Waals surface area contributed by atoms with Crippen LogP contribution < -0.4 is 5.73 Å². The van der Waals surface area contributed by atoms with Gasteiger partial charge in [0.2, 0.25) is 0 Å². The van der Waals surface area contributed by atoms with E-state index >= 15 is 0 Å². The van der Waals surface area contributed by atoms with Crippen LogP contribution in [0, 0.1) is 6.92 Å². The number of halogens is 1. The minimum absolute atomic E-state index is 0.470. The highest BCUT2D eigenvalue weighted by Gasteiger charge is 2.10. The Morgan fingerprint density at radius 1 is 1.29 bits per heavy atom. The lowest BCUT2D eigenvalue weighted by Gasteiger charge is -2.01. The number of nitrogens with zero attached hydrogens (tertiary/aromatic N) is 2. The second-order valence-electron chi connectivity index (χ2n) is 4.13. The number of benzene rings is 1. The lowest BCUT2D eigenvalue weighted by atomic mass is 10.1. The molecule has 1 aromatic carbocycles. The van der Waals surface area contributed by atoms with Crippen LogP contribution in [0.3, 0.4) is 0 Å². The number of hydrogen-bond acceptors (Lipinski definition) is 2. The second-order valence-corrected chi connectivity index (χ2v) is 4.56. The number of nitrogens with two attached hydrogens (primary N) is 1. The Bertz CT molecular complexity index is 514. The van der Waals surface area contributed by atoms with Crippen molar-refractivity contribution in [3.63, 3.8) is 0 Å². The summed E-state index contributed by atoms with van der Waals surface area (Å²) < 4.78 is 2.05. The minimum atomic E-state index is 0.470. The molecule has 0 spiro atoms. The Kier molecular flexibility index (Phi) is 3.50. The monoisotopic (exact) mass is 249 g/mol. The highest BCUT2D eigenvalue weighted by Crippen LogP contribution is 2.16. The molecule has 0 amide bonds. The molecule has 2 aromatic rings. The van der Waals surface area contributed by atoms with Gasteiger partial charge in [-0.2, -0.15) is 0 Å². The molecular formula is C13H16ClN3. The average Bonchev–Trinajstić information content (AvgIpc) is 2.60. The van der Waals surface area contributed by atoms with Gasteiger partial charge in [0.05, 0.1) is 12.2 Å². The summed E-state index contributed by atoms with van der Waals surface area (Å²) in [4.78, 5) is 4.55. The van der Waals surface area contributed by atoms with E-state index in [4.69, 9.17) is 17.3 Å². The largest absolute Gasteiger partial charge is 0.334 e. The predicted molar refractivity (Wildman–Crippen MR) is 70.1 cm³/mol. The molecule has 0 unspecified atom stereocenters. The fourth-order valence-electron chi connectivity index (χ4n) is 1.84. The molecule has 1 aromatic heterocycles. The molecule has 0 aliphatic carbocycles. The predicted octanol–water partition coefficient (Wildman–Crippen LogP) is 2.43. The third kappa shape index (κ3) is 2.51. The fourth-order valence-corrected chi connectivity index (χ4v) is 1.97. The van der Waals surface area contributed by atoms with Crippen LogP contribution in [0.1, 0.15) is 22.8 Å². The Morgan fingerprint density at radius 3 is 2.47 bits per heavy atom. The SMILES string of the molecule is Cc1c(Cc2ccc(Cl)cc2)nc(CN)n1C. The molecule has 90 valence electrons. The van der Waals surface area contributed by atoms with Crippen LogP contribution in [0.25, 0.3) is 0 Å². The first kappa shape index (κ1) is 12.1. The van der Waals surface area contributed by atoms with Crippen LogP contribution >= 0.6 is 11.6 Å². The lowest BCUT2D eigenvalue weighted by Crippen LogP contribution is -2.05. The average molecular weight is 250 g/mol. The van der Waals surface area contributed by atoms with E-state index in [1.54, 1.807) is 0 Å². The molecule has 0 atom stereocenters. The third-order valence-electron chi connectivity index (χ3n) is 3.04. The summed E-state index contributed by atoms with van der Waals surface area (Å²) in [5.41, 5.74) is 9.10. The molecule has 17 heavy (non-hydrogen) atoms. The number of aromatic nitrogens is 2. The van der Waals surface area contributed by atoms with E-state index in [1.807, 2.05) is 35.9 Å². The summed E-state index contributed by atoms with van der Waals surface area (Å²) in [6, 6.07) is 7.86. The van der Waals surface area contributed by atoms with Gasteiger partial charge in [-0.3, -0.25) is 0 Å². The molecule has 0 saturated carbocycles. The summed E-state index contributed by atoms with van der Waals surface area (Å²) in [5, 5.41) is 0.758. The van der Waals surface area contributed by atoms with Gasteiger partial charge in [-0.1, -0.05) is 23.7 Å². The Hall–Kier alpha value is -1.32. The zero-order valence-electron chi connectivity index (χ0n) is 10.1. The first-order valence-electron chi connectivity index (χ1n) is 5.57. The normalized spacial score (nSPS) is 10.8. The molecule has 0 fully saturated rings. The summed E-state index contributed by atoms with van der Waals surface area (Å²) in [6.07, 6.45) is 0.816. The Morgan fingerprint density at radius 2 is 1.94 bits per heavy atom. The molecule has 0 aliphatic heterocycles. The zero-order valence-corrected chi connectivity index (χ0v) is 10.8. The van der Waals surface area contributed by atoms with Gasteiger partial charge in [-0.15, -0.1) is 0 Å². The number of rotatable bonds is 3. The number of imidazole rings is 1. The van der Waals surface area contributed by atoms with E-state index in [1.165, 1.54) is 11.3 Å². The van der Waals surface area contributed by atoms with Gasteiger partial charge < -0.3 is 10.3 Å². The van der Waals surface area contributed by atoms with E-state index in [2.05, 4.69) is 11.9 Å². The second kappa shape index (κ2) is 4.90. The van der Waals surface area contributed by atoms with Crippen molar-refractivity contribution >= 4 is 11.6 Å². The van der Waals surface area contributed by atoms with Crippen molar-refractivity contribution < 1.29 is 0 Å². The van der Waals surface area contributed by atoms with Gasteiger partial charge in [0, 0.05) is 24.2 Å². The first-order chi connectivity index (χ1) is 8.11. The maximum atomic E-state index is 5.86. The van der Waals surface area contributed by atoms with Crippen molar-refractivity contribution in [3.05, 3.63) is 52.1 Å². The molecule has 0 saturated heterocycles. The van der Waals surface area contributed by atoms with Crippen LogP contribution in [0.5, 0.6) is 0 Å². The molecule has 3 nitrogen and oxygen atoms in total. The topological polar surface area (TPSA) is 43.8 Å². The van der Waals surface area contributed by atoms with Gasteiger partial charge in [0.15, 0.2) is 0 Å². The van der Waals surface area contributed by atoms with Gasteiger partial charge in [-0.25, -0.2) is 4.98 Å². The van der Waals surface area contributed by atoms with E-state index in [0.29, 0.717) is 6.54 Å². The quantitative estimate of drug-likeness (QED) is 0.908. The van der Waals surface area contributed by atoms with Crippen LogP contribution in [-0.4, -0.2) is 9.55 Å². The Labute approximate surface area is 106 Å². The summed E-state index contributed by atoms with van der Waals surface area (Å²) in [6.45, 7) is 2.54. The Balaban J connectivity index is 2.27. The molecular weight excluding hydrogens is 234 g/mol. The van der Waals surface area contributed by atoms with Crippen LogP contribution in [-0.2, 0) is 20.0 Å². The third-order valence-corrected chi connectivity index (χ3v) is 3.29. The van der Waals surface area contributed by atoms with E-state index in [-0.39, 0.29) is 0 Å². The van der Waals surface area contributed by atoms with Crippen molar-refractivity contribution in [1.82, 2.24) is 9.55 Å². The molecule has 2 rings (SSSR count). The van der Waals surface area contributed by atoms with Gasteiger partial charge in [0.25, 0.3) is 0 Å². The van der Waals surface area contributed by atoms with Crippen LogP contribution in [0.2, 0.25) is 5.02 Å². The molecule has 4 heteroatoms. The lowest BCUT2D eigenvalue weighted by molar-refractivity contribution is 0.774. The van der Waals surface area contributed by atoms with E-state index < -0.39 is 0 Å². The summed E-state index contributed by atoms with van der Waals surface area (Å²) >= 11 is 5.86. The molecule has 0 bridgehead atoms. The van der Waals surface area contributed by atoms with Crippen molar-refractivity contribution in [1.29, 1.82) is 0 Å². The van der Waals surface area contributed by atoms with Crippen molar-refractivity contribution in [2.24, 2.45) is 12.8 Å². The molecule has 2 N–H and O–H groups in total. The smallest absolute Gasteiger partial charge is 0.122 e. The maximum Gasteiger partial charge on any atom is 0.122 e. The fraction of sp³-hybridized carbons (Fsp3) is 0.308. The van der Waals surface area contributed by atoms with Crippen molar-refractivity contribution in [3.8, 4) is 0 Å². The first-order valence-corrected chi connectivity index (χ1v) is 5.95. The molecule has 0 aliphatic rings. The van der Waals surface area contributed by atoms with E-state index in [9.17, 15) is 0 Å². The van der Waals surface area contributed by atoms with Crippen LogP contribution in [0.15, 0.2) is 24.3 Å². The highest BCUT2D eigenvalue weighted by molar-refractivity contribution is 6.30. The van der Waals surface area contributed by atoms with Crippen molar-refractivity contribution in [2.75, 3.05) is 0 Å². The van der Waals surface area contributed by atoms with Gasteiger partial charge in [-0.05, 0) is 24.6 Å². The summed E-state index contributed by atoms with van der Waals surface area (Å²) in [7, 11) is 2.00. The number of hydrogen-bond donors (Lipinski definition) is 1. The van der Waals surface area contributed by atoms with Crippen LogP contribution in [0.4, 0.5) is 0 Å². The molecule has 1 heterocycles. The van der Waals surface area contributed by atoms with Gasteiger partial charge >= 0.3 is 0 Å². The summed E-state index contributed by atoms with van der Waals surface area (Å²) in [5.74, 6) is 0.923. The molecule has 0 radical (unpaired) electrons. The zero-order chi connectivity index (χ0) is 12.4. The van der Waals surface area contributed by atoms with E-state index in [0.717, 1.165) is 23.0 Å². The maximum absolute atomic E-state index is 5.86. The standard InChI is InChI=1S/C13H16ClN3/c1-9-12(16-13(8-15)17(9)2)7-10-3-5-11(14)6-4-10/h3-6H,7-8,15H2,1-2H3. The highest BCUT2D eigenvalue weighted by atomic mass is 35.5. The van der Waals surface area contributed by atoms with Gasteiger partial charge in [0.1, 0.15) is 5.82 Å².